The Morgan fingerprint density at radius 3 is 2.20 bits per heavy atom. The van der Waals surface area contributed by atoms with Crippen LogP contribution < -0.4 is 10.6 Å². The summed E-state index contributed by atoms with van der Waals surface area (Å²) in [5, 5.41) is 0.894. The minimum Gasteiger partial charge on any atom is -0.383 e. The third-order valence-electron chi connectivity index (χ3n) is 7.35. The van der Waals surface area contributed by atoms with Crippen molar-refractivity contribution in [2.24, 2.45) is 5.73 Å². The number of rotatable bonds is 12. The summed E-state index contributed by atoms with van der Waals surface area (Å²) in [6.45, 7) is 4.78. The Kier molecular flexibility index (Phi) is 11.0. The van der Waals surface area contributed by atoms with E-state index in [9.17, 15) is 9.59 Å². The maximum absolute atomic E-state index is 13.8. The smallest absolute Gasteiger partial charge is 0.248 e. The first-order valence-electron chi connectivity index (χ1n) is 13.5. The molecule has 8 nitrogen and oxygen atoms in total. The number of methoxy groups -OCH3 is 1. The van der Waals surface area contributed by atoms with Crippen LogP contribution in [0.4, 0.5) is 5.69 Å². The number of primary amides is 1. The predicted octanol–water partition coefficient (Wildman–Crippen LogP) is 4.74. The number of carbonyl (C=O) groups excluding carboxylic acids is 2. The van der Waals surface area contributed by atoms with Gasteiger partial charge in [0.25, 0.3) is 0 Å². The van der Waals surface area contributed by atoms with Crippen molar-refractivity contribution in [1.29, 1.82) is 0 Å². The van der Waals surface area contributed by atoms with Gasteiger partial charge in [-0.3, -0.25) is 14.5 Å². The molecule has 0 aliphatic carbocycles. The van der Waals surface area contributed by atoms with Gasteiger partial charge in [-0.25, -0.2) is 0 Å². The van der Waals surface area contributed by atoms with Gasteiger partial charge in [0, 0.05) is 51.6 Å². The molecule has 0 aromatic heterocycles. The minimum atomic E-state index is -0.453. The Balaban J connectivity index is 1.56. The molecule has 3 aromatic rings. The maximum Gasteiger partial charge on any atom is 0.248 e. The predicted molar refractivity (Wildman–Crippen MR) is 164 cm³/mol. The van der Waals surface area contributed by atoms with Crippen LogP contribution in [0.3, 0.4) is 0 Å². The second kappa shape index (κ2) is 14.7. The van der Waals surface area contributed by atoms with E-state index < -0.39 is 5.91 Å². The molecular weight excluding hydrogens is 563 g/mol. The largest absolute Gasteiger partial charge is 0.383 e. The zero-order valence-electron chi connectivity index (χ0n) is 23.4. The molecule has 1 heterocycles. The number of amides is 2. The number of hydrogen-bond acceptors (Lipinski definition) is 6. The Bertz CT molecular complexity index is 1310. The molecule has 218 valence electrons. The summed E-state index contributed by atoms with van der Waals surface area (Å²) < 4.78 is 10.9. The van der Waals surface area contributed by atoms with E-state index in [1.165, 1.54) is 0 Å². The Morgan fingerprint density at radius 1 is 0.976 bits per heavy atom. The number of carbonyl (C=O) groups is 2. The van der Waals surface area contributed by atoms with Gasteiger partial charge in [0.1, 0.15) is 0 Å². The molecule has 1 aliphatic rings. The van der Waals surface area contributed by atoms with E-state index in [-0.39, 0.29) is 18.5 Å². The molecule has 1 atom stereocenters. The van der Waals surface area contributed by atoms with Crippen molar-refractivity contribution in [2.45, 2.75) is 6.04 Å². The number of morpholine rings is 1. The van der Waals surface area contributed by atoms with E-state index >= 15 is 0 Å². The first-order chi connectivity index (χ1) is 19.8. The number of anilines is 1. The van der Waals surface area contributed by atoms with Crippen molar-refractivity contribution in [1.82, 2.24) is 9.80 Å². The quantitative estimate of drug-likeness (QED) is 0.324. The monoisotopic (exact) mass is 598 g/mol. The van der Waals surface area contributed by atoms with Crippen molar-refractivity contribution in [3.63, 3.8) is 0 Å². The zero-order valence-corrected chi connectivity index (χ0v) is 24.9. The van der Waals surface area contributed by atoms with Crippen molar-refractivity contribution in [2.75, 3.05) is 71.6 Å². The maximum atomic E-state index is 13.8. The molecule has 1 fully saturated rings. The molecule has 0 bridgehead atoms. The summed E-state index contributed by atoms with van der Waals surface area (Å²) in [7, 11) is 3.49. The normalized spacial score (nSPS) is 14.4. The first-order valence-corrected chi connectivity index (χ1v) is 14.3. The lowest BCUT2D eigenvalue weighted by molar-refractivity contribution is -0.131. The van der Waals surface area contributed by atoms with Gasteiger partial charge in [-0.15, -0.1) is 0 Å². The summed E-state index contributed by atoms with van der Waals surface area (Å²) in [5.41, 5.74) is 9.67. The lowest BCUT2D eigenvalue weighted by Gasteiger charge is -2.36. The molecule has 41 heavy (non-hydrogen) atoms. The van der Waals surface area contributed by atoms with E-state index in [1.807, 2.05) is 47.2 Å². The highest BCUT2D eigenvalue weighted by molar-refractivity contribution is 6.42. The van der Waals surface area contributed by atoms with Crippen LogP contribution in [0.15, 0.2) is 66.7 Å². The van der Waals surface area contributed by atoms with Gasteiger partial charge in [-0.1, -0.05) is 59.6 Å². The van der Waals surface area contributed by atoms with Crippen LogP contribution in [0.2, 0.25) is 10.0 Å². The fraction of sp³-hybridized carbons (Fsp3) is 0.355. The molecule has 10 heteroatoms. The molecule has 0 radical (unpaired) electrons. The lowest BCUT2D eigenvalue weighted by atomic mass is 9.98. The highest BCUT2D eigenvalue weighted by Gasteiger charge is 2.27. The van der Waals surface area contributed by atoms with Crippen LogP contribution >= 0.6 is 23.2 Å². The molecule has 2 N–H and O–H groups in total. The van der Waals surface area contributed by atoms with E-state index in [0.717, 1.165) is 35.5 Å². The van der Waals surface area contributed by atoms with Crippen molar-refractivity contribution in [3.05, 3.63) is 87.9 Å². The molecule has 1 unspecified atom stereocenters. The van der Waals surface area contributed by atoms with E-state index in [1.54, 1.807) is 31.4 Å². The SMILES string of the molecule is COCCN(CC(=O)N(C)C(CN1CCOCC1)c1ccc(-c2ccc(C(N)=O)cc2)cc1)c1ccc(Cl)c(Cl)c1. The number of benzene rings is 3. The van der Waals surface area contributed by atoms with Gasteiger partial charge in [0.15, 0.2) is 0 Å². The van der Waals surface area contributed by atoms with Crippen molar-refractivity contribution in [3.8, 4) is 11.1 Å². The number of halogens is 2. The van der Waals surface area contributed by atoms with Gasteiger partial charge in [0.05, 0.1) is 42.5 Å². The standard InChI is InChI=1S/C31H36Cl2N4O4/c1-35(30(38)21-37(15-16-40-2)26-11-12-27(32)28(33)19-26)29(20-36-13-17-41-18-14-36)24-7-3-22(4-8-24)23-5-9-25(10-6-23)31(34)39/h3-12,19,29H,13-18,20-21H2,1-2H3,(H2,34,39). The van der Waals surface area contributed by atoms with Crippen LogP contribution in [0.25, 0.3) is 11.1 Å². The van der Waals surface area contributed by atoms with E-state index in [0.29, 0.717) is 48.5 Å². The number of hydrogen-bond donors (Lipinski definition) is 1. The zero-order chi connectivity index (χ0) is 29.4. The lowest BCUT2D eigenvalue weighted by Crippen LogP contribution is -2.46. The van der Waals surface area contributed by atoms with Crippen molar-refractivity contribution >= 4 is 40.7 Å². The molecule has 4 rings (SSSR count). The number of likely N-dealkylation sites (N-methyl/N-ethyl adjacent to an activating group) is 1. The van der Waals surface area contributed by atoms with Crippen LogP contribution in [-0.4, -0.2) is 88.3 Å². The molecule has 1 saturated heterocycles. The minimum absolute atomic E-state index is 0.0310. The third-order valence-corrected chi connectivity index (χ3v) is 8.09. The summed E-state index contributed by atoms with van der Waals surface area (Å²) >= 11 is 12.4. The fourth-order valence-corrected chi connectivity index (χ4v) is 5.13. The Hall–Kier alpha value is -3.14. The molecular formula is C31H36Cl2N4O4. The molecule has 0 saturated carbocycles. The number of nitrogens with zero attached hydrogens (tertiary/aromatic N) is 3. The summed E-state index contributed by atoms with van der Waals surface area (Å²) in [6.07, 6.45) is 0. The van der Waals surface area contributed by atoms with E-state index in [2.05, 4.69) is 17.0 Å². The van der Waals surface area contributed by atoms with Crippen LogP contribution in [0, 0.1) is 0 Å². The van der Waals surface area contributed by atoms with Crippen LogP contribution in [0.1, 0.15) is 22.0 Å². The highest BCUT2D eigenvalue weighted by Crippen LogP contribution is 2.29. The topological polar surface area (TPSA) is 88.3 Å². The summed E-state index contributed by atoms with van der Waals surface area (Å²) in [6, 6.07) is 20.6. The second-order valence-electron chi connectivity index (χ2n) is 10.0. The van der Waals surface area contributed by atoms with Crippen LogP contribution in [0.5, 0.6) is 0 Å². The van der Waals surface area contributed by atoms with Gasteiger partial charge in [-0.05, 0) is 47.0 Å². The molecule has 1 aliphatic heterocycles. The fourth-order valence-electron chi connectivity index (χ4n) is 4.84. The first kappa shape index (κ1) is 30.8. The Labute approximate surface area is 251 Å². The van der Waals surface area contributed by atoms with Crippen LogP contribution in [-0.2, 0) is 14.3 Å². The van der Waals surface area contributed by atoms with Gasteiger partial charge in [-0.2, -0.15) is 0 Å². The molecule has 0 spiro atoms. The number of ether oxygens (including phenoxy) is 2. The molecule has 2 amide bonds. The summed E-state index contributed by atoms with van der Waals surface area (Å²) in [5.74, 6) is -0.484. The van der Waals surface area contributed by atoms with Gasteiger partial charge >= 0.3 is 0 Å². The number of nitrogens with two attached hydrogens (primary N) is 1. The third kappa shape index (κ3) is 8.21. The van der Waals surface area contributed by atoms with Crippen molar-refractivity contribution < 1.29 is 19.1 Å². The molecule has 3 aromatic carbocycles. The highest BCUT2D eigenvalue weighted by atomic mass is 35.5. The average molecular weight is 600 g/mol. The van der Waals surface area contributed by atoms with Gasteiger partial charge in [0.2, 0.25) is 11.8 Å². The average Bonchev–Trinajstić information content (AvgIpc) is 2.99. The van der Waals surface area contributed by atoms with E-state index in [4.69, 9.17) is 38.4 Å². The summed E-state index contributed by atoms with van der Waals surface area (Å²) in [4.78, 5) is 31.3. The van der Waals surface area contributed by atoms with Gasteiger partial charge < -0.3 is 25.0 Å². The Morgan fingerprint density at radius 2 is 1.61 bits per heavy atom. The second-order valence-corrected chi connectivity index (χ2v) is 10.8.